The zero-order valence-corrected chi connectivity index (χ0v) is 11.5. The highest BCUT2D eigenvalue weighted by molar-refractivity contribution is 9.10. The third-order valence-electron chi connectivity index (χ3n) is 2.43. The van der Waals surface area contributed by atoms with Crippen molar-refractivity contribution in [2.45, 2.75) is 12.8 Å². The van der Waals surface area contributed by atoms with Crippen LogP contribution in [0.2, 0.25) is 0 Å². The molecule has 0 bridgehead atoms. The highest BCUT2D eigenvalue weighted by Gasteiger charge is 2.12. The summed E-state index contributed by atoms with van der Waals surface area (Å²) in [7, 11) is 1.95. The number of hydrogen-bond acceptors (Lipinski definition) is 2. The van der Waals surface area contributed by atoms with E-state index >= 15 is 0 Å². The van der Waals surface area contributed by atoms with Gasteiger partial charge in [0.2, 0.25) is 0 Å². The van der Waals surface area contributed by atoms with E-state index in [4.69, 9.17) is 16.3 Å². The van der Waals surface area contributed by atoms with Gasteiger partial charge in [0, 0.05) is 11.5 Å². The number of alkyl halides is 1. The first-order chi connectivity index (χ1) is 7.67. The van der Waals surface area contributed by atoms with Crippen molar-refractivity contribution in [3.63, 3.8) is 0 Å². The highest BCUT2D eigenvalue weighted by Crippen LogP contribution is 2.30. The van der Waals surface area contributed by atoms with E-state index in [9.17, 15) is 0 Å². The Morgan fingerprint density at radius 1 is 1.50 bits per heavy atom. The van der Waals surface area contributed by atoms with Crippen molar-refractivity contribution in [1.82, 2.24) is 9.55 Å². The minimum absolute atomic E-state index is 0.397. The van der Waals surface area contributed by atoms with Crippen molar-refractivity contribution in [3.05, 3.63) is 22.4 Å². The lowest BCUT2D eigenvalue weighted by molar-refractivity contribution is 0.343. The molecule has 0 aliphatic carbocycles. The largest absolute Gasteiger partial charge is 0.491 e. The van der Waals surface area contributed by atoms with Gasteiger partial charge in [-0.05, 0) is 19.1 Å². The van der Waals surface area contributed by atoms with Crippen LogP contribution in [-0.4, -0.2) is 16.2 Å². The number of nitrogens with zero attached hydrogens (tertiary/aromatic N) is 2. The van der Waals surface area contributed by atoms with Gasteiger partial charge in [0.05, 0.1) is 18.0 Å². The van der Waals surface area contributed by atoms with Crippen LogP contribution in [0.15, 0.2) is 16.6 Å². The zero-order valence-electron chi connectivity index (χ0n) is 9.13. The molecule has 2 rings (SSSR count). The number of aromatic nitrogens is 2. The van der Waals surface area contributed by atoms with Gasteiger partial charge >= 0.3 is 0 Å². The molecule has 16 heavy (non-hydrogen) atoms. The third-order valence-corrected chi connectivity index (χ3v) is 3.13. The number of fused-ring (bicyclic) bond motifs is 1. The molecular weight excluding hydrogens is 291 g/mol. The van der Waals surface area contributed by atoms with Crippen LogP contribution in [-0.2, 0) is 12.9 Å². The maximum absolute atomic E-state index is 5.84. The summed E-state index contributed by atoms with van der Waals surface area (Å²) in [5.41, 5.74) is 1.89. The summed E-state index contributed by atoms with van der Waals surface area (Å²) in [6.07, 6.45) is 0. The molecule has 0 amide bonds. The van der Waals surface area contributed by atoms with Crippen LogP contribution in [0.25, 0.3) is 11.0 Å². The van der Waals surface area contributed by atoms with E-state index in [1.165, 1.54) is 0 Å². The Balaban J connectivity index is 2.71. The Morgan fingerprint density at radius 2 is 2.25 bits per heavy atom. The van der Waals surface area contributed by atoms with E-state index in [1.54, 1.807) is 0 Å². The van der Waals surface area contributed by atoms with Crippen LogP contribution in [0, 0.1) is 0 Å². The monoisotopic (exact) mass is 302 g/mol. The van der Waals surface area contributed by atoms with Crippen LogP contribution >= 0.6 is 27.5 Å². The normalized spacial score (nSPS) is 11.0. The quantitative estimate of drug-likeness (QED) is 0.812. The molecule has 0 unspecified atom stereocenters. The van der Waals surface area contributed by atoms with E-state index < -0.39 is 0 Å². The second-order valence-electron chi connectivity index (χ2n) is 3.43. The molecule has 0 atom stereocenters. The Hall–Kier alpha value is -0.740. The summed E-state index contributed by atoms with van der Waals surface area (Å²) in [5, 5.41) is 0. The third kappa shape index (κ3) is 1.92. The number of imidazole rings is 1. The summed E-state index contributed by atoms with van der Waals surface area (Å²) in [4.78, 5) is 4.48. The van der Waals surface area contributed by atoms with Crippen LogP contribution < -0.4 is 4.74 Å². The summed E-state index contributed by atoms with van der Waals surface area (Å²) >= 11 is 9.30. The second kappa shape index (κ2) is 4.63. The molecule has 3 nitrogen and oxygen atoms in total. The molecule has 1 aromatic heterocycles. The van der Waals surface area contributed by atoms with Crippen LogP contribution in [0.5, 0.6) is 5.75 Å². The zero-order chi connectivity index (χ0) is 11.7. The Labute approximate surface area is 107 Å². The maximum atomic E-state index is 5.84. The predicted octanol–water partition coefficient (Wildman–Crippen LogP) is 3.47. The first-order valence-electron chi connectivity index (χ1n) is 5.01. The van der Waals surface area contributed by atoms with Crippen LogP contribution in [0.4, 0.5) is 0 Å². The molecule has 0 N–H and O–H groups in total. The van der Waals surface area contributed by atoms with Gasteiger partial charge < -0.3 is 9.30 Å². The van der Waals surface area contributed by atoms with E-state index in [1.807, 2.05) is 30.7 Å². The van der Waals surface area contributed by atoms with Gasteiger partial charge in [0.1, 0.15) is 17.1 Å². The fourth-order valence-corrected chi connectivity index (χ4v) is 2.32. The lowest BCUT2D eigenvalue weighted by Crippen LogP contribution is -1.94. The molecule has 0 fully saturated rings. The fourth-order valence-electron chi connectivity index (χ4n) is 1.66. The highest BCUT2D eigenvalue weighted by atomic mass is 79.9. The Bertz CT molecular complexity index is 524. The molecule has 0 radical (unpaired) electrons. The molecule has 0 aliphatic heterocycles. The Morgan fingerprint density at radius 3 is 2.88 bits per heavy atom. The molecule has 0 spiro atoms. The average molecular weight is 304 g/mol. The number of aryl methyl sites for hydroxylation is 1. The van der Waals surface area contributed by atoms with E-state index in [2.05, 4.69) is 20.9 Å². The first kappa shape index (κ1) is 11.7. The molecular formula is C11H12BrClN2O. The van der Waals surface area contributed by atoms with Gasteiger partial charge in [-0.15, -0.1) is 11.6 Å². The summed E-state index contributed by atoms with van der Waals surface area (Å²) in [5.74, 6) is 2.03. The van der Waals surface area contributed by atoms with Gasteiger partial charge in [0.15, 0.2) is 0 Å². The van der Waals surface area contributed by atoms with Gasteiger partial charge in [0.25, 0.3) is 0 Å². The van der Waals surface area contributed by atoms with Crippen molar-refractivity contribution in [2.75, 3.05) is 6.61 Å². The SMILES string of the molecule is CCOc1cc(Br)cc2c1nc(CCl)n2C. The topological polar surface area (TPSA) is 27.1 Å². The van der Waals surface area contributed by atoms with Gasteiger partial charge in [-0.1, -0.05) is 15.9 Å². The smallest absolute Gasteiger partial charge is 0.148 e. The summed E-state index contributed by atoms with van der Waals surface area (Å²) < 4.78 is 8.52. The van der Waals surface area contributed by atoms with Crippen molar-refractivity contribution < 1.29 is 4.74 Å². The minimum atomic E-state index is 0.397. The second-order valence-corrected chi connectivity index (χ2v) is 4.61. The predicted molar refractivity (Wildman–Crippen MR) is 69.1 cm³/mol. The van der Waals surface area contributed by atoms with Gasteiger partial charge in [-0.2, -0.15) is 0 Å². The van der Waals surface area contributed by atoms with Crippen molar-refractivity contribution in [1.29, 1.82) is 0 Å². The summed E-state index contributed by atoms with van der Waals surface area (Å²) in [6, 6.07) is 3.94. The minimum Gasteiger partial charge on any atom is -0.491 e. The molecule has 86 valence electrons. The van der Waals surface area contributed by atoms with Crippen molar-refractivity contribution >= 4 is 38.6 Å². The lowest BCUT2D eigenvalue weighted by Gasteiger charge is -2.05. The molecule has 0 saturated heterocycles. The lowest BCUT2D eigenvalue weighted by atomic mass is 10.3. The number of rotatable bonds is 3. The van der Waals surface area contributed by atoms with Crippen LogP contribution in [0.1, 0.15) is 12.7 Å². The van der Waals surface area contributed by atoms with Crippen molar-refractivity contribution in [3.8, 4) is 5.75 Å². The first-order valence-corrected chi connectivity index (χ1v) is 6.33. The molecule has 5 heteroatoms. The molecule has 0 aliphatic rings. The number of halogens is 2. The van der Waals surface area contributed by atoms with Crippen LogP contribution in [0.3, 0.4) is 0 Å². The van der Waals surface area contributed by atoms with E-state index in [0.29, 0.717) is 12.5 Å². The number of benzene rings is 1. The van der Waals surface area contributed by atoms with Crippen molar-refractivity contribution in [2.24, 2.45) is 7.05 Å². The van der Waals surface area contributed by atoms with Gasteiger partial charge in [-0.25, -0.2) is 4.98 Å². The molecule has 1 heterocycles. The average Bonchev–Trinajstić information content (AvgIpc) is 2.57. The van der Waals surface area contributed by atoms with E-state index in [-0.39, 0.29) is 0 Å². The molecule has 1 aromatic carbocycles. The number of hydrogen-bond donors (Lipinski definition) is 0. The summed E-state index contributed by atoms with van der Waals surface area (Å²) in [6.45, 7) is 2.58. The number of ether oxygens (including phenoxy) is 1. The fraction of sp³-hybridized carbons (Fsp3) is 0.364. The van der Waals surface area contributed by atoms with E-state index in [0.717, 1.165) is 27.1 Å². The van der Waals surface area contributed by atoms with Gasteiger partial charge in [-0.3, -0.25) is 0 Å². The standard InChI is InChI=1S/C11H12BrClN2O/c1-3-16-9-5-7(12)4-8-11(9)14-10(6-13)15(8)2/h4-5H,3,6H2,1-2H3. The molecule has 0 saturated carbocycles. The maximum Gasteiger partial charge on any atom is 0.148 e. The Kier molecular flexibility index (Phi) is 3.40. The molecule has 2 aromatic rings.